The first kappa shape index (κ1) is 13.3. The van der Waals surface area contributed by atoms with Gasteiger partial charge in [-0.15, -0.1) is 0 Å². The molecular weight excluding hydrogens is 250 g/mol. The van der Waals surface area contributed by atoms with Crippen molar-refractivity contribution in [2.45, 2.75) is 17.7 Å². The summed E-state index contributed by atoms with van der Waals surface area (Å²) in [5.41, 5.74) is 0. The average molecular weight is 269 g/mol. The van der Waals surface area contributed by atoms with Gasteiger partial charge in [-0.3, -0.25) is 0 Å². The Balaban J connectivity index is 1.96. The lowest BCUT2D eigenvalue weighted by molar-refractivity contribution is 0.548. The van der Waals surface area contributed by atoms with Gasteiger partial charge in [-0.05, 0) is 44.0 Å². The molecule has 0 spiro atoms. The second kappa shape index (κ2) is 5.67. The monoisotopic (exact) mass is 269 g/mol. The number of nitrogens with zero attached hydrogens (tertiary/aromatic N) is 1. The van der Waals surface area contributed by atoms with Crippen LogP contribution in [-0.4, -0.2) is 39.3 Å². The van der Waals surface area contributed by atoms with Crippen molar-refractivity contribution in [3.63, 3.8) is 0 Å². The van der Waals surface area contributed by atoms with Crippen LogP contribution in [0.4, 0.5) is 5.82 Å². The first-order valence-corrected chi connectivity index (χ1v) is 8.06. The van der Waals surface area contributed by atoms with Crippen LogP contribution in [0.15, 0.2) is 23.2 Å². The zero-order valence-electron chi connectivity index (χ0n) is 10.5. The number of hydrogen-bond donors (Lipinski definition) is 2. The number of pyridine rings is 1. The summed E-state index contributed by atoms with van der Waals surface area (Å²) in [4.78, 5) is 4.38. The Bertz CT molecular complexity index is 496. The molecule has 1 aliphatic heterocycles. The van der Waals surface area contributed by atoms with E-state index in [1.807, 2.05) is 0 Å². The number of anilines is 1. The predicted octanol–water partition coefficient (Wildman–Crippen LogP) is 0.897. The summed E-state index contributed by atoms with van der Waals surface area (Å²) in [6.07, 6.45) is 5.04. The molecule has 2 N–H and O–H groups in total. The van der Waals surface area contributed by atoms with E-state index in [0.29, 0.717) is 11.7 Å². The maximum absolute atomic E-state index is 11.6. The molecule has 0 saturated carbocycles. The third-order valence-corrected chi connectivity index (χ3v) is 4.31. The molecule has 1 aliphatic rings. The Morgan fingerprint density at radius 2 is 2.39 bits per heavy atom. The lowest BCUT2D eigenvalue weighted by Gasteiger charge is -2.11. The van der Waals surface area contributed by atoms with E-state index in [0.717, 1.165) is 26.1 Å². The summed E-state index contributed by atoms with van der Waals surface area (Å²) in [5.74, 6) is 1.15. The molecule has 0 aromatic carbocycles. The number of hydrogen-bond acceptors (Lipinski definition) is 5. The van der Waals surface area contributed by atoms with Gasteiger partial charge < -0.3 is 10.6 Å². The molecule has 1 fully saturated rings. The smallest absolute Gasteiger partial charge is 0.179 e. The van der Waals surface area contributed by atoms with Gasteiger partial charge in [0.25, 0.3) is 0 Å². The molecule has 1 atom stereocenters. The van der Waals surface area contributed by atoms with E-state index in [-0.39, 0.29) is 4.90 Å². The van der Waals surface area contributed by atoms with Crippen LogP contribution in [0.1, 0.15) is 12.8 Å². The Hall–Kier alpha value is -1.14. The van der Waals surface area contributed by atoms with Gasteiger partial charge in [-0.2, -0.15) is 0 Å². The van der Waals surface area contributed by atoms with Gasteiger partial charge in [0.15, 0.2) is 9.84 Å². The van der Waals surface area contributed by atoms with E-state index >= 15 is 0 Å². The van der Waals surface area contributed by atoms with Gasteiger partial charge in [0.05, 0.1) is 0 Å². The normalized spacial score (nSPS) is 19.9. The predicted molar refractivity (Wildman–Crippen MR) is 71.4 cm³/mol. The van der Waals surface area contributed by atoms with Crippen LogP contribution in [0.25, 0.3) is 0 Å². The second-order valence-electron chi connectivity index (χ2n) is 4.70. The average Bonchev–Trinajstić information content (AvgIpc) is 2.81. The molecule has 5 nitrogen and oxygen atoms in total. The SMILES string of the molecule is CS(=O)(=O)c1cccnc1NCCC1CCNC1. The molecule has 0 bridgehead atoms. The van der Waals surface area contributed by atoms with Crippen LogP contribution in [0.2, 0.25) is 0 Å². The van der Waals surface area contributed by atoms with Crippen molar-refractivity contribution in [3.05, 3.63) is 18.3 Å². The minimum atomic E-state index is -3.22. The van der Waals surface area contributed by atoms with E-state index in [1.54, 1.807) is 18.3 Å². The van der Waals surface area contributed by atoms with Crippen LogP contribution in [0, 0.1) is 5.92 Å². The van der Waals surface area contributed by atoms with E-state index < -0.39 is 9.84 Å². The highest BCUT2D eigenvalue weighted by molar-refractivity contribution is 7.90. The van der Waals surface area contributed by atoms with Gasteiger partial charge in [0, 0.05) is 19.0 Å². The van der Waals surface area contributed by atoms with Gasteiger partial charge in [0.2, 0.25) is 0 Å². The van der Waals surface area contributed by atoms with E-state index in [9.17, 15) is 8.42 Å². The summed E-state index contributed by atoms with van der Waals surface area (Å²) in [7, 11) is -3.22. The summed E-state index contributed by atoms with van der Waals surface area (Å²) in [5, 5.41) is 6.45. The van der Waals surface area contributed by atoms with Crippen molar-refractivity contribution >= 4 is 15.7 Å². The molecule has 1 aromatic rings. The van der Waals surface area contributed by atoms with Crippen molar-refractivity contribution in [3.8, 4) is 0 Å². The highest BCUT2D eigenvalue weighted by Gasteiger charge is 2.16. The lowest BCUT2D eigenvalue weighted by atomic mass is 10.1. The Kier molecular flexibility index (Phi) is 4.19. The van der Waals surface area contributed by atoms with Gasteiger partial charge in [-0.1, -0.05) is 0 Å². The minimum absolute atomic E-state index is 0.273. The van der Waals surface area contributed by atoms with Gasteiger partial charge in [0.1, 0.15) is 10.7 Å². The van der Waals surface area contributed by atoms with Crippen molar-refractivity contribution in [1.29, 1.82) is 0 Å². The van der Waals surface area contributed by atoms with Crippen LogP contribution in [0.5, 0.6) is 0 Å². The molecule has 0 radical (unpaired) electrons. The first-order chi connectivity index (χ1) is 8.57. The zero-order valence-corrected chi connectivity index (χ0v) is 11.3. The van der Waals surface area contributed by atoms with Gasteiger partial charge >= 0.3 is 0 Å². The molecule has 0 aliphatic carbocycles. The topological polar surface area (TPSA) is 71.1 Å². The summed E-state index contributed by atoms with van der Waals surface area (Å²) in [6.45, 7) is 2.90. The molecule has 1 aromatic heterocycles. The summed E-state index contributed by atoms with van der Waals surface area (Å²) >= 11 is 0. The third kappa shape index (κ3) is 3.43. The van der Waals surface area contributed by atoms with Crippen LogP contribution in [0.3, 0.4) is 0 Å². The molecule has 0 amide bonds. The highest BCUT2D eigenvalue weighted by Crippen LogP contribution is 2.18. The van der Waals surface area contributed by atoms with Crippen LogP contribution >= 0.6 is 0 Å². The first-order valence-electron chi connectivity index (χ1n) is 6.17. The maximum Gasteiger partial charge on any atom is 0.179 e. The summed E-state index contributed by atoms with van der Waals surface area (Å²) in [6, 6.07) is 3.23. The largest absolute Gasteiger partial charge is 0.369 e. The lowest BCUT2D eigenvalue weighted by Crippen LogP contribution is -2.14. The number of aromatic nitrogens is 1. The maximum atomic E-state index is 11.6. The third-order valence-electron chi connectivity index (χ3n) is 3.18. The van der Waals surface area contributed by atoms with Crippen LogP contribution in [-0.2, 0) is 9.84 Å². The van der Waals surface area contributed by atoms with E-state index in [4.69, 9.17) is 0 Å². The molecule has 6 heteroatoms. The van der Waals surface area contributed by atoms with Gasteiger partial charge in [-0.25, -0.2) is 13.4 Å². The Morgan fingerprint density at radius 3 is 3.06 bits per heavy atom. The molecule has 18 heavy (non-hydrogen) atoms. The second-order valence-corrected chi connectivity index (χ2v) is 6.68. The molecule has 2 rings (SSSR count). The highest BCUT2D eigenvalue weighted by atomic mass is 32.2. The van der Waals surface area contributed by atoms with E-state index in [2.05, 4.69) is 15.6 Å². The number of rotatable bonds is 5. The Morgan fingerprint density at radius 1 is 1.56 bits per heavy atom. The zero-order chi connectivity index (χ0) is 13.0. The molecule has 100 valence electrons. The fraction of sp³-hybridized carbons (Fsp3) is 0.583. The standard InChI is InChI=1S/C12H19N3O2S/c1-18(16,17)11-3-2-6-14-12(11)15-8-5-10-4-7-13-9-10/h2-3,6,10,13H,4-5,7-9H2,1H3,(H,14,15). The fourth-order valence-corrected chi connectivity index (χ4v) is 2.98. The Labute approximate surface area is 108 Å². The number of nitrogens with one attached hydrogen (secondary N) is 2. The molecule has 1 unspecified atom stereocenters. The van der Waals surface area contributed by atoms with Crippen molar-refractivity contribution in [1.82, 2.24) is 10.3 Å². The summed E-state index contributed by atoms with van der Waals surface area (Å²) < 4.78 is 23.2. The van der Waals surface area contributed by atoms with Crippen molar-refractivity contribution < 1.29 is 8.42 Å². The minimum Gasteiger partial charge on any atom is -0.369 e. The molecule has 1 saturated heterocycles. The fourth-order valence-electron chi connectivity index (χ4n) is 2.18. The molecular formula is C12H19N3O2S. The number of sulfone groups is 1. The quantitative estimate of drug-likeness (QED) is 0.831. The molecule has 2 heterocycles. The van der Waals surface area contributed by atoms with Crippen molar-refractivity contribution in [2.24, 2.45) is 5.92 Å². The van der Waals surface area contributed by atoms with Crippen LogP contribution < -0.4 is 10.6 Å². The van der Waals surface area contributed by atoms with E-state index in [1.165, 1.54) is 12.7 Å². The van der Waals surface area contributed by atoms with Crippen molar-refractivity contribution in [2.75, 3.05) is 31.2 Å².